The van der Waals surface area contributed by atoms with Crippen molar-refractivity contribution in [3.05, 3.63) is 51.5 Å². The van der Waals surface area contributed by atoms with Crippen molar-refractivity contribution >= 4 is 23.0 Å². The van der Waals surface area contributed by atoms with Gasteiger partial charge in [-0.15, -0.1) is 11.3 Å². The standard InChI is InChI=1S/C27H36N2O2S/c1-3-4-5-23-16-24(11-6-19(23)2)27(31)29-17-22(18-29)14-20-7-9-21(10-8-20)15-25(30)26-28-12-13-32-26/h6,11-13,16,20-22H,3-5,7-10,14-15,17-18H2,1-2H3. The molecule has 5 heteroatoms. The summed E-state index contributed by atoms with van der Waals surface area (Å²) in [6.07, 6.45) is 11.8. The topological polar surface area (TPSA) is 50.3 Å². The van der Waals surface area contributed by atoms with E-state index in [0.29, 0.717) is 23.3 Å². The number of Topliss-reactive ketones (excluding diaryl/α,β-unsaturated/α-hetero) is 1. The van der Waals surface area contributed by atoms with E-state index in [1.807, 2.05) is 16.3 Å². The van der Waals surface area contributed by atoms with Gasteiger partial charge in [0.15, 0.2) is 10.8 Å². The van der Waals surface area contributed by atoms with Gasteiger partial charge in [0.1, 0.15) is 0 Å². The van der Waals surface area contributed by atoms with E-state index in [0.717, 1.165) is 43.8 Å². The molecule has 0 radical (unpaired) electrons. The van der Waals surface area contributed by atoms with Gasteiger partial charge in [0.25, 0.3) is 5.91 Å². The summed E-state index contributed by atoms with van der Waals surface area (Å²) in [5, 5.41) is 2.54. The zero-order chi connectivity index (χ0) is 22.5. The molecule has 0 bridgehead atoms. The average molecular weight is 453 g/mol. The van der Waals surface area contributed by atoms with Crippen molar-refractivity contribution in [3.8, 4) is 0 Å². The maximum absolute atomic E-state index is 12.9. The van der Waals surface area contributed by atoms with Crippen LogP contribution in [0.4, 0.5) is 0 Å². The fraction of sp³-hybridized carbons (Fsp3) is 0.593. The van der Waals surface area contributed by atoms with E-state index < -0.39 is 0 Å². The summed E-state index contributed by atoms with van der Waals surface area (Å²) in [4.78, 5) is 31.4. The molecule has 1 aliphatic carbocycles. The van der Waals surface area contributed by atoms with Crippen LogP contribution in [0.2, 0.25) is 0 Å². The van der Waals surface area contributed by atoms with Crippen LogP contribution in [0.25, 0.3) is 0 Å². The molecule has 32 heavy (non-hydrogen) atoms. The van der Waals surface area contributed by atoms with E-state index >= 15 is 0 Å². The number of ketones is 1. The van der Waals surface area contributed by atoms with E-state index in [-0.39, 0.29) is 11.7 Å². The zero-order valence-corrected chi connectivity index (χ0v) is 20.3. The number of likely N-dealkylation sites (tertiary alicyclic amines) is 1. The van der Waals surface area contributed by atoms with Gasteiger partial charge in [-0.25, -0.2) is 4.98 Å². The molecule has 0 spiro atoms. The number of unbranched alkanes of at least 4 members (excludes halogenated alkanes) is 1. The van der Waals surface area contributed by atoms with Crippen LogP contribution >= 0.6 is 11.3 Å². The van der Waals surface area contributed by atoms with E-state index in [2.05, 4.69) is 31.0 Å². The highest BCUT2D eigenvalue weighted by Gasteiger charge is 2.34. The Labute approximate surface area is 196 Å². The second-order valence-electron chi connectivity index (χ2n) is 9.91. The van der Waals surface area contributed by atoms with E-state index in [1.54, 1.807) is 6.20 Å². The fourth-order valence-corrected chi connectivity index (χ4v) is 5.95. The van der Waals surface area contributed by atoms with Gasteiger partial charge in [-0.3, -0.25) is 9.59 Å². The molecular weight excluding hydrogens is 416 g/mol. The third kappa shape index (κ3) is 5.67. The lowest BCUT2D eigenvalue weighted by atomic mass is 9.75. The molecule has 0 atom stereocenters. The first kappa shape index (κ1) is 23.2. The SMILES string of the molecule is CCCCc1cc(C(=O)N2CC(CC3CCC(CC(=O)c4nccs4)CC3)C2)ccc1C. The molecule has 172 valence electrons. The quantitative estimate of drug-likeness (QED) is 0.417. The molecule has 4 rings (SSSR count). The molecule has 2 fully saturated rings. The molecule has 4 nitrogen and oxygen atoms in total. The second kappa shape index (κ2) is 10.7. The van der Waals surface area contributed by atoms with Crippen LogP contribution in [0.5, 0.6) is 0 Å². The number of aryl methyl sites for hydroxylation is 2. The summed E-state index contributed by atoms with van der Waals surface area (Å²) in [5.74, 6) is 2.32. The summed E-state index contributed by atoms with van der Waals surface area (Å²) in [6.45, 7) is 6.15. The van der Waals surface area contributed by atoms with Crippen molar-refractivity contribution in [2.24, 2.45) is 17.8 Å². The molecule has 1 saturated carbocycles. The minimum atomic E-state index is 0.198. The van der Waals surface area contributed by atoms with E-state index in [1.165, 1.54) is 54.6 Å². The molecule has 2 heterocycles. The van der Waals surface area contributed by atoms with Crippen LogP contribution in [0.3, 0.4) is 0 Å². The third-order valence-corrected chi connectivity index (χ3v) is 8.23. The first-order chi connectivity index (χ1) is 15.5. The predicted molar refractivity (Wildman–Crippen MR) is 130 cm³/mol. The Balaban J connectivity index is 1.19. The van der Waals surface area contributed by atoms with Gasteiger partial charge in [-0.1, -0.05) is 32.3 Å². The van der Waals surface area contributed by atoms with E-state index in [9.17, 15) is 9.59 Å². The van der Waals surface area contributed by atoms with Gasteiger partial charge in [0, 0.05) is 36.7 Å². The van der Waals surface area contributed by atoms with Gasteiger partial charge in [0.2, 0.25) is 0 Å². The molecule has 1 amide bonds. The van der Waals surface area contributed by atoms with Crippen LogP contribution in [0.15, 0.2) is 29.8 Å². The molecule has 2 aromatic rings. The van der Waals surface area contributed by atoms with Crippen molar-refractivity contribution in [2.45, 2.75) is 71.6 Å². The number of hydrogen-bond acceptors (Lipinski definition) is 4. The van der Waals surface area contributed by atoms with Crippen LogP contribution in [-0.4, -0.2) is 34.7 Å². The lowest BCUT2D eigenvalue weighted by Gasteiger charge is -2.42. The largest absolute Gasteiger partial charge is 0.338 e. The Morgan fingerprint density at radius 3 is 2.53 bits per heavy atom. The fourth-order valence-electron chi connectivity index (χ4n) is 5.36. The summed E-state index contributed by atoms with van der Waals surface area (Å²) < 4.78 is 0. The summed E-state index contributed by atoms with van der Waals surface area (Å²) >= 11 is 1.45. The molecule has 1 aromatic carbocycles. The Morgan fingerprint density at radius 2 is 1.84 bits per heavy atom. The monoisotopic (exact) mass is 452 g/mol. The average Bonchev–Trinajstić information content (AvgIpc) is 3.31. The van der Waals surface area contributed by atoms with Gasteiger partial charge >= 0.3 is 0 Å². The van der Waals surface area contributed by atoms with Crippen molar-refractivity contribution in [1.82, 2.24) is 9.88 Å². The molecule has 0 N–H and O–H groups in total. The molecule has 0 unspecified atom stereocenters. The number of hydrogen-bond donors (Lipinski definition) is 0. The van der Waals surface area contributed by atoms with Crippen LogP contribution in [-0.2, 0) is 6.42 Å². The van der Waals surface area contributed by atoms with Gasteiger partial charge in [-0.2, -0.15) is 0 Å². The number of benzene rings is 1. The Hall–Kier alpha value is -2.01. The lowest BCUT2D eigenvalue weighted by Crippen LogP contribution is -2.50. The number of carbonyl (C=O) groups is 2. The number of amides is 1. The molecular formula is C27H36N2O2S. The molecule has 1 saturated heterocycles. The maximum Gasteiger partial charge on any atom is 0.253 e. The molecule has 1 aromatic heterocycles. The van der Waals surface area contributed by atoms with Gasteiger partial charge in [0.05, 0.1) is 0 Å². The first-order valence-electron chi connectivity index (χ1n) is 12.3. The van der Waals surface area contributed by atoms with Crippen molar-refractivity contribution in [3.63, 3.8) is 0 Å². The van der Waals surface area contributed by atoms with Gasteiger partial charge < -0.3 is 4.90 Å². The minimum absolute atomic E-state index is 0.198. The summed E-state index contributed by atoms with van der Waals surface area (Å²) in [7, 11) is 0. The van der Waals surface area contributed by atoms with Crippen molar-refractivity contribution < 1.29 is 9.59 Å². The maximum atomic E-state index is 12.9. The molecule has 1 aliphatic heterocycles. The zero-order valence-electron chi connectivity index (χ0n) is 19.5. The normalized spacial score (nSPS) is 21.4. The van der Waals surface area contributed by atoms with Crippen LogP contribution in [0, 0.1) is 24.7 Å². The number of aromatic nitrogens is 1. The lowest BCUT2D eigenvalue weighted by molar-refractivity contribution is 0.0427. The number of carbonyl (C=O) groups excluding carboxylic acids is 2. The van der Waals surface area contributed by atoms with Crippen LogP contribution < -0.4 is 0 Å². The van der Waals surface area contributed by atoms with Gasteiger partial charge in [-0.05, 0) is 80.0 Å². The highest BCUT2D eigenvalue weighted by Crippen LogP contribution is 2.37. The Kier molecular flexibility index (Phi) is 7.77. The Morgan fingerprint density at radius 1 is 1.09 bits per heavy atom. The highest BCUT2D eigenvalue weighted by atomic mass is 32.1. The number of rotatable bonds is 9. The summed E-state index contributed by atoms with van der Waals surface area (Å²) in [6, 6.07) is 6.22. The Bertz CT molecular complexity index is 910. The number of nitrogens with zero attached hydrogens (tertiary/aromatic N) is 2. The van der Waals surface area contributed by atoms with Crippen LogP contribution in [0.1, 0.15) is 89.6 Å². The van der Waals surface area contributed by atoms with E-state index in [4.69, 9.17) is 0 Å². The predicted octanol–water partition coefficient (Wildman–Crippen LogP) is 6.34. The number of thiazole rings is 1. The molecule has 2 aliphatic rings. The van der Waals surface area contributed by atoms with Crippen molar-refractivity contribution in [1.29, 1.82) is 0 Å². The first-order valence-corrected chi connectivity index (χ1v) is 13.2. The third-order valence-electron chi connectivity index (χ3n) is 7.42. The minimum Gasteiger partial charge on any atom is -0.338 e. The van der Waals surface area contributed by atoms with Crippen molar-refractivity contribution in [2.75, 3.05) is 13.1 Å². The summed E-state index contributed by atoms with van der Waals surface area (Å²) in [5.41, 5.74) is 3.46. The highest BCUT2D eigenvalue weighted by molar-refractivity contribution is 7.11. The smallest absolute Gasteiger partial charge is 0.253 e. The second-order valence-corrected chi connectivity index (χ2v) is 10.8.